The molecule has 0 unspecified atom stereocenters. The van der Waals surface area contributed by atoms with Gasteiger partial charge in [-0.1, -0.05) is 17.3 Å². The third kappa shape index (κ3) is 2.11. The van der Waals surface area contributed by atoms with E-state index in [2.05, 4.69) is 10.3 Å². The first kappa shape index (κ1) is 13.4. The number of hydrogen-bond donors (Lipinski definition) is 1. The fourth-order valence-corrected chi connectivity index (χ4v) is 2.39. The minimum atomic E-state index is -0.282. The molecule has 1 aliphatic heterocycles. The monoisotopic (exact) mass is 286 g/mol. The molecule has 0 radical (unpaired) electrons. The third-order valence-electron chi connectivity index (χ3n) is 3.64. The van der Waals surface area contributed by atoms with Crippen LogP contribution in [0.15, 0.2) is 24.3 Å². The highest BCUT2D eigenvalue weighted by Gasteiger charge is 2.34. The Balaban J connectivity index is 1.76. The predicted molar refractivity (Wildman–Crippen MR) is 72.5 cm³/mol. The van der Waals surface area contributed by atoms with E-state index >= 15 is 0 Å². The molecule has 0 aliphatic carbocycles. The molecule has 0 fully saturated rings. The lowest BCUT2D eigenvalue weighted by atomic mass is 10.1. The number of fused-ring (bicyclic) bond motifs is 1. The molecule has 1 aliphatic rings. The molecule has 7 nitrogen and oxygen atoms in total. The first-order chi connectivity index (χ1) is 10.1. The van der Waals surface area contributed by atoms with Gasteiger partial charge in [-0.05, 0) is 19.1 Å². The fourth-order valence-electron chi connectivity index (χ4n) is 2.39. The van der Waals surface area contributed by atoms with Gasteiger partial charge in [0.2, 0.25) is 0 Å². The number of aliphatic hydroxyl groups is 1. The first-order valence-electron chi connectivity index (χ1n) is 6.58. The largest absolute Gasteiger partial charge is 0.390 e. The Bertz CT molecular complexity index is 688. The van der Waals surface area contributed by atoms with Gasteiger partial charge in [0.1, 0.15) is 5.69 Å². The summed E-state index contributed by atoms with van der Waals surface area (Å²) in [7, 11) is 0. The van der Waals surface area contributed by atoms with Crippen LogP contribution in [-0.4, -0.2) is 43.4 Å². The predicted octanol–water partition coefficient (Wildman–Crippen LogP) is 0.375. The topological polar surface area (TPSA) is 88.3 Å². The molecule has 0 spiro atoms. The second kappa shape index (κ2) is 5.10. The minimum Gasteiger partial charge on any atom is -0.390 e. The highest BCUT2D eigenvalue weighted by molar-refractivity contribution is 6.21. The Hall–Kier alpha value is -2.54. The molecule has 0 atom stereocenters. The van der Waals surface area contributed by atoms with Crippen molar-refractivity contribution in [2.75, 3.05) is 6.54 Å². The maximum Gasteiger partial charge on any atom is 0.261 e. The zero-order chi connectivity index (χ0) is 15.0. The van der Waals surface area contributed by atoms with Crippen molar-refractivity contribution in [1.29, 1.82) is 0 Å². The highest BCUT2D eigenvalue weighted by Crippen LogP contribution is 2.22. The van der Waals surface area contributed by atoms with Gasteiger partial charge in [0, 0.05) is 6.54 Å². The van der Waals surface area contributed by atoms with Crippen LogP contribution in [0.2, 0.25) is 0 Å². The van der Waals surface area contributed by atoms with Crippen LogP contribution in [0.1, 0.15) is 32.1 Å². The fraction of sp³-hybridized carbons (Fsp3) is 0.286. The molecule has 108 valence electrons. The van der Waals surface area contributed by atoms with E-state index in [0.717, 1.165) is 5.69 Å². The Morgan fingerprint density at radius 1 is 1.10 bits per heavy atom. The van der Waals surface area contributed by atoms with Crippen molar-refractivity contribution >= 4 is 11.8 Å². The normalized spacial score (nSPS) is 13.9. The van der Waals surface area contributed by atoms with Gasteiger partial charge in [-0.15, -0.1) is 5.10 Å². The van der Waals surface area contributed by atoms with Gasteiger partial charge in [0.15, 0.2) is 0 Å². The van der Waals surface area contributed by atoms with E-state index in [1.165, 1.54) is 4.90 Å². The average molecular weight is 286 g/mol. The summed E-state index contributed by atoms with van der Waals surface area (Å²) in [5, 5.41) is 16.8. The second-order valence-corrected chi connectivity index (χ2v) is 4.81. The molecule has 1 aromatic heterocycles. The van der Waals surface area contributed by atoms with Crippen LogP contribution < -0.4 is 0 Å². The molecule has 2 amide bonds. The van der Waals surface area contributed by atoms with E-state index in [0.29, 0.717) is 23.4 Å². The van der Waals surface area contributed by atoms with Crippen LogP contribution in [0.5, 0.6) is 0 Å². The van der Waals surface area contributed by atoms with E-state index in [-0.39, 0.29) is 25.0 Å². The number of carbonyl (C=O) groups excluding carboxylic acids is 2. The number of rotatable bonds is 4. The summed E-state index contributed by atoms with van der Waals surface area (Å²) in [4.78, 5) is 25.6. The standard InChI is InChI=1S/C14H14N4O3/c1-9-12(8-19)15-16-18(9)7-6-17-13(20)10-4-2-3-5-11(10)14(17)21/h2-5,19H,6-8H2,1H3. The molecular weight excluding hydrogens is 272 g/mol. The van der Waals surface area contributed by atoms with E-state index in [9.17, 15) is 9.59 Å². The maximum absolute atomic E-state index is 12.2. The van der Waals surface area contributed by atoms with E-state index in [1.807, 2.05) is 0 Å². The molecule has 1 N–H and O–H groups in total. The minimum absolute atomic E-state index is 0.182. The van der Waals surface area contributed by atoms with E-state index in [1.54, 1.807) is 35.9 Å². The molecule has 1 aromatic carbocycles. The van der Waals surface area contributed by atoms with Gasteiger partial charge < -0.3 is 5.11 Å². The molecular formula is C14H14N4O3. The molecule has 2 heterocycles. The maximum atomic E-state index is 12.2. The van der Waals surface area contributed by atoms with Gasteiger partial charge in [-0.2, -0.15) is 0 Å². The van der Waals surface area contributed by atoms with E-state index < -0.39 is 0 Å². The summed E-state index contributed by atoms with van der Waals surface area (Å²) in [6, 6.07) is 6.78. The summed E-state index contributed by atoms with van der Waals surface area (Å²) in [5.41, 5.74) is 2.11. The lowest BCUT2D eigenvalue weighted by Gasteiger charge is -2.13. The number of imide groups is 1. The Kier molecular flexibility index (Phi) is 3.26. The number of hydrogen-bond acceptors (Lipinski definition) is 5. The molecule has 7 heteroatoms. The van der Waals surface area contributed by atoms with Gasteiger partial charge in [-0.25, -0.2) is 4.68 Å². The summed E-state index contributed by atoms with van der Waals surface area (Å²) in [5.74, 6) is -0.563. The van der Waals surface area contributed by atoms with Gasteiger partial charge in [0.25, 0.3) is 11.8 Å². The Morgan fingerprint density at radius 3 is 2.24 bits per heavy atom. The number of carbonyl (C=O) groups is 2. The number of aromatic nitrogens is 3. The van der Waals surface area contributed by atoms with Crippen molar-refractivity contribution in [3.05, 3.63) is 46.8 Å². The van der Waals surface area contributed by atoms with Crippen molar-refractivity contribution in [3.8, 4) is 0 Å². The van der Waals surface area contributed by atoms with Crippen LogP contribution in [-0.2, 0) is 13.2 Å². The summed E-state index contributed by atoms with van der Waals surface area (Å²) < 4.78 is 1.58. The van der Waals surface area contributed by atoms with Crippen molar-refractivity contribution in [3.63, 3.8) is 0 Å². The average Bonchev–Trinajstić information content (AvgIpc) is 2.97. The van der Waals surface area contributed by atoms with Crippen molar-refractivity contribution < 1.29 is 14.7 Å². The van der Waals surface area contributed by atoms with Crippen molar-refractivity contribution in [1.82, 2.24) is 19.9 Å². The van der Waals surface area contributed by atoms with Crippen LogP contribution in [0.3, 0.4) is 0 Å². The lowest BCUT2D eigenvalue weighted by Crippen LogP contribution is -2.33. The van der Waals surface area contributed by atoms with Gasteiger partial charge in [0.05, 0.1) is 30.0 Å². The first-order valence-corrected chi connectivity index (χ1v) is 6.58. The molecule has 0 saturated carbocycles. The SMILES string of the molecule is Cc1c(CO)nnn1CCN1C(=O)c2ccccc2C1=O. The lowest BCUT2D eigenvalue weighted by molar-refractivity contribution is 0.0647. The zero-order valence-corrected chi connectivity index (χ0v) is 11.5. The molecule has 3 rings (SSSR count). The Morgan fingerprint density at radius 2 is 1.71 bits per heavy atom. The van der Waals surface area contributed by atoms with Crippen LogP contribution in [0.4, 0.5) is 0 Å². The number of benzene rings is 1. The number of aliphatic hydroxyl groups excluding tert-OH is 1. The van der Waals surface area contributed by atoms with Crippen LogP contribution in [0.25, 0.3) is 0 Å². The van der Waals surface area contributed by atoms with Gasteiger partial charge in [-0.3, -0.25) is 14.5 Å². The summed E-state index contributed by atoms with van der Waals surface area (Å²) >= 11 is 0. The quantitative estimate of drug-likeness (QED) is 0.821. The second-order valence-electron chi connectivity index (χ2n) is 4.81. The smallest absolute Gasteiger partial charge is 0.261 e. The molecule has 0 saturated heterocycles. The third-order valence-corrected chi connectivity index (χ3v) is 3.64. The van der Waals surface area contributed by atoms with Crippen molar-refractivity contribution in [2.45, 2.75) is 20.1 Å². The summed E-state index contributed by atoms with van der Waals surface area (Å²) in [6.07, 6.45) is 0. The molecule has 0 bridgehead atoms. The zero-order valence-electron chi connectivity index (χ0n) is 11.5. The van der Waals surface area contributed by atoms with Crippen LogP contribution in [0, 0.1) is 6.92 Å². The molecule has 2 aromatic rings. The van der Waals surface area contributed by atoms with Crippen molar-refractivity contribution in [2.24, 2.45) is 0 Å². The highest BCUT2D eigenvalue weighted by atomic mass is 16.3. The number of nitrogens with zero attached hydrogens (tertiary/aromatic N) is 4. The van der Waals surface area contributed by atoms with Gasteiger partial charge >= 0.3 is 0 Å². The summed E-state index contributed by atoms with van der Waals surface area (Å²) in [6.45, 7) is 2.18. The molecule has 21 heavy (non-hydrogen) atoms. The van der Waals surface area contributed by atoms with Crippen LogP contribution >= 0.6 is 0 Å². The Labute approximate surface area is 120 Å². The van der Waals surface area contributed by atoms with E-state index in [4.69, 9.17) is 5.11 Å². The number of amides is 2.